The molecule has 0 aromatic carbocycles. The number of halogens is 1. The Kier molecular flexibility index (Phi) is 4.20. The van der Waals surface area contributed by atoms with Crippen LogP contribution in [0.1, 0.15) is 19.3 Å². The van der Waals surface area contributed by atoms with Crippen molar-refractivity contribution in [2.75, 3.05) is 18.0 Å². The van der Waals surface area contributed by atoms with E-state index in [9.17, 15) is 4.79 Å². The molecule has 0 unspecified atom stereocenters. The number of carbonyl (C=O) groups is 1. The van der Waals surface area contributed by atoms with Crippen LogP contribution in [0.5, 0.6) is 0 Å². The average Bonchev–Trinajstić information content (AvgIpc) is 2.30. The van der Waals surface area contributed by atoms with E-state index in [1.807, 2.05) is 12.3 Å². The van der Waals surface area contributed by atoms with E-state index in [-0.39, 0.29) is 5.91 Å². The predicted molar refractivity (Wildman–Crippen MR) is 75.7 cm³/mol. The zero-order chi connectivity index (χ0) is 12.3. The molecule has 5 heteroatoms. The molecule has 1 aliphatic rings. The predicted octanol–water partition coefficient (Wildman–Crippen LogP) is 1.78. The molecule has 1 aromatic rings. The van der Waals surface area contributed by atoms with E-state index in [0.717, 1.165) is 31.7 Å². The van der Waals surface area contributed by atoms with Gasteiger partial charge < -0.3 is 10.6 Å². The number of hydrogen-bond acceptors (Lipinski definition) is 3. The molecule has 2 rings (SSSR count). The van der Waals surface area contributed by atoms with Crippen molar-refractivity contribution in [2.24, 2.45) is 11.7 Å². The monoisotopic (exact) mass is 345 g/mol. The van der Waals surface area contributed by atoms with Crippen LogP contribution in [0, 0.1) is 9.49 Å². The first-order valence-corrected chi connectivity index (χ1v) is 6.88. The fraction of sp³-hybridized carbons (Fsp3) is 0.500. The summed E-state index contributed by atoms with van der Waals surface area (Å²) >= 11 is 2.31. The summed E-state index contributed by atoms with van der Waals surface area (Å²) in [7, 11) is 0. The minimum absolute atomic E-state index is 0.184. The minimum Gasteiger partial charge on any atom is -0.370 e. The molecule has 0 bridgehead atoms. The van der Waals surface area contributed by atoms with Crippen LogP contribution in [-0.4, -0.2) is 24.0 Å². The number of rotatable bonds is 3. The quantitative estimate of drug-likeness (QED) is 0.850. The smallest absolute Gasteiger partial charge is 0.217 e. The van der Waals surface area contributed by atoms with E-state index < -0.39 is 0 Å². The number of carbonyl (C=O) groups excluding carboxylic acids is 1. The summed E-state index contributed by atoms with van der Waals surface area (Å²) in [4.78, 5) is 17.6. The molecule has 92 valence electrons. The van der Waals surface area contributed by atoms with Crippen molar-refractivity contribution in [3.05, 3.63) is 21.9 Å². The van der Waals surface area contributed by atoms with Crippen molar-refractivity contribution in [1.82, 2.24) is 4.98 Å². The van der Waals surface area contributed by atoms with Crippen molar-refractivity contribution >= 4 is 34.3 Å². The molecule has 0 saturated carbocycles. The zero-order valence-electron chi connectivity index (χ0n) is 9.60. The van der Waals surface area contributed by atoms with E-state index in [0.29, 0.717) is 12.3 Å². The first-order chi connectivity index (χ1) is 8.16. The number of piperidine rings is 1. The lowest BCUT2D eigenvalue weighted by molar-refractivity contribution is -0.119. The molecular weight excluding hydrogens is 329 g/mol. The zero-order valence-corrected chi connectivity index (χ0v) is 11.8. The molecule has 1 aromatic heterocycles. The molecule has 0 atom stereocenters. The molecule has 17 heavy (non-hydrogen) atoms. The van der Waals surface area contributed by atoms with E-state index >= 15 is 0 Å². The number of pyridine rings is 1. The molecule has 1 fully saturated rings. The highest BCUT2D eigenvalue weighted by Crippen LogP contribution is 2.26. The maximum absolute atomic E-state index is 10.9. The van der Waals surface area contributed by atoms with Gasteiger partial charge in [-0.25, -0.2) is 4.98 Å². The topological polar surface area (TPSA) is 59.2 Å². The van der Waals surface area contributed by atoms with Gasteiger partial charge in [0.05, 0.1) is 3.57 Å². The Morgan fingerprint density at radius 2 is 2.24 bits per heavy atom. The van der Waals surface area contributed by atoms with Crippen LogP contribution in [-0.2, 0) is 4.79 Å². The molecule has 2 N–H and O–H groups in total. The SMILES string of the molecule is NC(=O)CC1CCN(c2ncccc2I)CC1. The van der Waals surface area contributed by atoms with Gasteiger partial charge in [0.25, 0.3) is 0 Å². The third-order valence-electron chi connectivity index (χ3n) is 3.14. The van der Waals surface area contributed by atoms with Crippen LogP contribution >= 0.6 is 22.6 Å². The third kappa shape index (κ3) is 3.31. The van der Waals surface area contributed by atoms with E-state index in [1.165, 1.54) is 3.57 Å². The number of amides is 1. The second-order valence-electron chi connectivity index (χ2n) is 4.41. The van der Waals surface area contributed by atoms with Crippen LogP contribution in [0.25, 0.3) is 0 Å². The van der Waals surface area contributed by atoms with Gasteiger partial charge in [0.1, 0.15) is 5.82 Å². The first-order valence-electron chi connectivity index (χ1n) is 5.80. The normalized spacial score (nSPS) is 17.1. The van der Waals surface area contributed by atoms with Gasteiger partial charge >= 0.3 is 0 Å². The van der Waals surface area contributed by atoms with Gasteiger partial charge in [0.2, 0.25) is 5.91 Å². The highest BCUT2D eigenvalue weighted by atomic mass is 127. The van der Waals surface area contributed by atoms with E-state index in [1.54, 1.807) is 0 Å². The number of nitrogens with two attached hydrogens (primary N) is 1. The molecule has 2 heterocycles. The summed E-state index contributed by atoms with van der Waals surface area (Å²) in [6.45, 7) is 1.93. The summed E-state index contributed by atoms with van der Waals surface area (Å²) in [6.07, 6.45) is 4.39. The number of aromatic nitrogens is 1. The minimum atomic E-state index is -0.184. The van der Waals surface area contributed by atoms with Crippen molar-refractivity contribution < 1.29 is 4.79 Å². The van der Waals surface area contributed by atoms with Crippen molar-refractivity contribution in [1.29, 1.82) is 0 Å². The van der Waals surface area contributed by atoms with Crippen molar-refractivity contribution in [3.8, 4) is 0 Å². The number of anilines is 1. The fourth-order valence-electron chi connectivity index (χ4n) is 2.24. The maximum atomic E-state index is 10.9. The Morgan fingerprint density at radius 1 is 1.53 bits per heavy atom. The Hall–Kier alpha value is -0.850. The molecule has 0 spiro atoms. The van der Waals surface area contributed by atoms with Crippen LogP contribution in [0.3, 0.4) is 0 Å². The van der Waals surface area contributed by atoms with Gasteiger partial charge in [-0.05, 0) is 53.5 Å². The van der Waals surface area contributed by atoms with Gasteiger partial charge in [-0.2, -0.15) is 0 Å². The average molecular weight is 345 g/mol. The molecule has 4 nitrogen and oxygen atoms in total. The lowest BCUT2D eigenvalue weighted by atomic mass is 9.93. The van der Waals surface area contributed by atoms with Gasteiger partial charge in [-0.15, -0.1) is 0 Å². The number of nitrogens with zero attached hydrogens (tertiary/aromatic N) is 2. The van der Waals surface area contributed by atoms with Crippen molar-refractivity contribution in [3.63, 3.8) is 0 Å². The standard InChI is InChI=1S/C12H16IN3O/c13-10-2-1-5-15-12(10)16-6-3-9(4-7-16)8-11(14)17/h1-2,5,9H,3-4,6-8H2,(H2,14,17). The second kappa shape index (κ2) is 5.66. The van der Waals surface area contributed by atoms with E-state index in [2.05, 4.69) is 38.5 Å². The largest absolute Gasteiger partial charge is 0.370 e. The van der Waals surface area contributed by atoms with E-state index in [4.69, 9.17) is 5.73 Å². The number of hydrogen-bond donors (Lipinski definition) is 1. The fourth-order valence-corrected chi connectivity index (χ4v) is 2.93. The second-order valence-corrected chi connectivity index (χ2v) is 5.57. The highest BCUT2D eigenvalue weighted by molar-refractivity contribution is 14.1. The molecular formula is C12H16IN3O. The summed E-state index contributed by atoms with van der Waals surface area (Å²) < 4.78 is 1.18. The Morgan fingerprint density at radius 3 is 2.82 bits per heavy atom. The first kappa shape index (κ1) is 12.6. The van der Waals surface area contributed by atoms with Gasteiger partial charge in [-0.3, -0.25) is 4.79 Å². The van der Waals surface area contributed by atoms with Crippen LogP contribution in [0.4, 0.5) is 5.82 Å². The Balaban J connectivity index is 1.95. The van der Waals surface area contributed by atoms with Crippen LogP contribution in [0.15, 0.2) is 18.3 Å². The molecule has 1 saturated heterocycles. The molecule has 1 aliphatic heterocycles. The lowest BCUT2D eigenvalue weighted by Crippen LogP contribution is -2.36. The summed E-state index contributed by atoms with van der Waals surface area (Å²) in [5.74, 6) is 1.33. The molecule has 0 radical (unpaired) electrons. The Labute approximate surface area is 115 Å². The van der Waals surface area contributed by atoms with Crippen molar-refractivity contribution in [2.45, 2.75) is 19.3 Å². The molecule has 1 amide bonds. The Bertz CT molecular complexity index is 402. The third-order valence-corrected chi connectivity index (χ3v) is 3.98. The summed E-state index contributed by atoms with van der Waals surface area (Å²) in [6, 6.07) is 4.02. The molecule has 0 aliphatic carbocycles. The van der Waals surface area contributed by atoms with Gasteiger partial charge in [0.15, 0.2) is 0 Å². The van der Waals surface area contributed by atoms with Crippen LogP contribution in [0.2, 0.25) is 0 Å². The lowest BCUT2D eigenvalue weighted by Gasteiger charge is -2.32. The van der Waals surface area contributed by atoms with Crippen LogP contribution < -0.4 is 10.6 Å². The maximum Gasteiger partial charge on any atom is 0.217 e. The summed E-state index contributed by atoms with van der Waals surface area (Å²) in [5, 5.41) is 0. The van der Waals surface area contributed by atoms with Gasteiger partial charge in [0, 0.05) is 25.7 Å². The van der Waals surface area contributed by atoms with Gasteiger partial charge in [-0.1, -0.05) is 0 Å². The summed E-state index contributed by atoms with van der Waals surface area (Å²) in [5.41, 5.74) is 5.23. The number of primary amides is 1. The highest BCUT2D eigenvalue weighted by Gasteiger charge is 2.22.